The van der Waals surface area contributed by atoms with E-state index < -0.39 is 11.9 Å². The number of nitriles is 1. The van der Waals surface area contributed by atoms with E-state index in [9.17, 15) is 10.1 Å². The van der Waals surface area contributed by atoms with Gasteiger partial charge >= 0.3 is 5.97 Å². The summed E-state index contributed by atoms with van der Waals surface area (Å²) in [5.41, 5.74) is 7.95. The number of hydrogen-bond acceptors (Lipinski definition) is 7. The van der Waals surface area contributed by atoms with Gasteiger partial charge in [0.05, 0.1) is 30.7 Å². The van der Waals surface area contributed by atoms with E-state index in [1.165, 1.54) is 7.11 Å². The predicted octanol–water partition coefficient (Wildman–Crippen LogP) is 0.738. The molecule has 0 aliphatic carbocycles. The summed E-state index contributed by atoms with van der Waals surface area (Å²) in [7, 11) is 1.30. The first-order chi connectivity index (χ1) is 11.2. The molecule has 1 aliphatic heterocycles. The van der Waals surface area contributed by atoms with Crippen molar-refractivity contribution in [3.8, 4) is 11.9 Å². The molecule has 3 rings (SSSR count). The highest BCUT2D eigenvalue weighted by molar-refractivity contribution is 5.73. The summed E-state index contributed by atoms with van der Waals surface area (Å²) in [6.07, 6.45) is 3.25. The molecule has 1 aliphatic rings. The van der Waals surface area contributed by atoms with Gasteiger partial charge in [-0.25, -0.2) is 0 Å². The van der Waals surface area contributed by atoms with Crippen LogP contribution in [0.25, 0.3) is 0 Å². The second-order valence-electron chi connectivity index (χ2n) is 4.89. The zero-order chi connectivity index (χ0) is 16.4. The lowest BCUT2D eigenvalue weighted by Gasteiger charge is -2.23. The number of nitrogens with one attached hydrogen (secondary N) is 1. The molecule has 0 radical (unpaired) electrons. The summed E-state index contributed by atoms with van der Waals surface area (Å²) in [5.74, 6) is -0.697. The number of pyridine rings is 1. The Bertz CT molecular complexity index is 819. The number of allylic oxidation sites excluding steroid dienone is 1. The van der Waals surface area contributed by atoms with Crippen LogP contribution < -0.4 is 10.5 Å². The van der Waals surface area contributed by atoms with E-state index in [1.807, 2.05) is 6.07 Å². The molecule has 8 heteroatoms. The molecule has 23 heavy (non-hydrogen) atoms. The average molecular weight is 311 g/mol. The number of hydrogen-bond donors (Lipinski definition) is 2. The minimum absolute atomic E-state index is 0.00929. The molecule has 3 N–H and O–H groups in total. The van der Waals surface area contributed by atoms with E-state index in [0.717, 1.165) is 5.56 Å². The van der Waals surface area contributed by atoms with Crippen molar-refractivity contribution in [3.05, 3.63) is 52.8 Å². The molecule has 2 aromatic rings. The summed E-state index contributed by atoms with van der Waals surface area (Å²) >= 11 is 0. The predicted molar refractivity (Wildman–Crippen MR) is 77.8 cm³/mol. The van der Waals surface area contributed by atoms with Crippen LogP contribution in [0.5, 0.6) is 5.88 Å². The van der Waals surface area contributed by atoms with Gasteiger partial charge in [0.25, 0.3) is 0 Å². The third-order valence-corrected chi connectivity index (χ3v) is 3.58. The van der Waals surface area contributed by atoms with Crippen LogP contribution in [-0.4, -0.2) is 28.3 Å². The molecule has 0 saturated carbocycles. The average Bonchev–Trinajstić information content (AvgIpc) is 2.96. The van der Waals surface area contributed by atoms with Gasteiger partial charge in [0.15, 0.2) is 0 Å². The van der Waals surface area contributed by atoms with Crippen molar-refractivity contribution in [1.29, 1.82) is 5.26 Å². The summed E-state index contributed by atoms with van der Waals surface area (Å²) in [6, 6.07) is 5.66. The van der Waals surface area contributed by atoms with Gasteiger partial charge in [-0.3, -0.25) is 14.9 Å². The maximum absolute atomic E-state index is 11.6. The van der Waals surface area contributed by atoms with Crippen molar-refractivity contribution in [2.75, 3.05) is 7.11 Å². The van der Waals surface area contributed by atoms with E-state index in [1.54, 1.807) is 18.5 Å². The summed E-state index contributed by atoms with van der Waals surface area (Å²) in [6.45, 7) is 0. The molecule has 8 nitrogen and oxygen atoms in total. The zero-order valence-corrected chi connectivity index (χ0v) is 12.2. The van der Waals surface area contributed by atoms with Gasteiger partial charge in [-0.05, 0) is 11.6 Å². The number of rotatable bonds is 3. The highest BCUT2D eigenvalue weighted by Gasteiger charge is 2.35. The van der Waals surface area contributed by atoms with Crippen molar-refractivity contribution in [3.63, 3.8) is 0 Å². The Morgan fingerprint density at radius 2 is 2.43 bits per heavy atom. The minimum Gasteiger partial charge on any atom is -0.469 e. The van der Waals surface area contributed by atoms with E-state index in [2.05, 4.69) is 26.0 Å². The molecule has 0 amide bonds. The van der Waals surface area contributed by atoms with Crippen molar-refractivity contribution >= 4 is 5.97 Å². The third-order valence-electron chi connectivity index (χ3n) is 3.58. The largest absolute Gasteiger partial charge is 0.469 e. The number of aromatic amines is 1. The fourth-order valence-corrected chi connectivity index (χ4v) is 2.54. The highest BCUT2D eigenvalue weighted by Crippen LogP contribution is 2.42. The molecule has 0 aromatic carbocycles. The first kappa shape index (κ1) is 14.6. The van der Waals surface area contributed by atoms with Gasteiger partial charge in [-0.2, -0.15) is 5.26 Å². The Kier molecular flexibility index (Phi) is 3.68. The molecule has 0 saturated heterocycles. The van der Waals surface area contributed by atoms with E-state index in [0.29, 0.717) is 11.3 Å². The number of fused-ring (bicyclic) bond motifs is 1. The first-order valence-corrected chi connectivity index (χ1v) is 6.77. The lowest BCUT2D eigenvalue weighted by molar-refractivity contribution is -0.139. The first-order valence-electron chi connectivity index (χ1n) is 6.77. The lowest BCUT2D eigenvalue weighted by atomic mass is 9.84. The number of H-pyrrole nitrogens is 1. The molecule has 2 aromatic heterocycles. The summed E-state index contributed by atoms with van der Waals surface area (Å²) in [5, 5.41) is 16.3. The van der Waals surface area contributed by atoms with Gasteiger partial charge in [0, 0.05) is 12.4 Å². The number of nitrogens with two attached hydrogens (primary N) is 1. The Hall–Kier alpha value is -3.34. The Labute approximate surface area is 131 Å². The van der Waals surface area contributed by atoms with Crippen LogP contribution in [0.4, 0.5) is 0 Å². The number of methoxy groups -OCH3 is 1. The molecule has 1 atom stereocenters. The zero-order valence-electron chi connectivity index (χ0n) is 12.2. The van der Waals surface area contributed by atoms with Gasteiger partial charge in [0.2, 0.25) is 11.8 Å². The van der Waals surface area contributed by atoms with Crippen LogP contribution in [0.3, 0.4) is 0 Å². The second-order valence-corrected chi connectivity index (χ2v) is 4.89. The SMILES string of the molecule is COC(=O)Cc1[nH]nc2c1C(c1cccnc1)C(C#N)=C(N)O2. The molecular weight excluding hydrogens is 298 g/mol. The molecule has 0 fully saturated rings. The second kappa shape index (κ2) is 5.81. The number of nitrogens with zero attached hydrogens (tertiary/aromatic N) is 3. The number of carbonyl (C=O) groups is 1. The summed E-state index contributed by atoms with van der Waals surface area (Å²) < 4.78 is 10.1. The third kappa shape index (κ3) is 2.48. The van der Waals surface area contributed by atoms with Gasteiger partial charge < -0.3 is 15.2 Å². The standard InChI is InChI=1S/C15H13N5O3/c1-22-11(21)5-10-13-12(8-3-2-4-18-7-8)9(6-16)14(17)23-15(13)20-19-10/h2-4,7,12H,5,17H2,1H3,(H,19,20). The number of carbonyl (C=O) groups excluding carboxylic acids is 1. The lowest BCUT2D eigenvalue weighted by Crippen LogP contribution is -2.22. The molecule has 3 heterocycles. The normalized spacial score (nSPS) is 16.3. The fourth-order valence-electron chi connectivity index (χ4n) is 2.54. The molecule has 0 bridgehead atoms. The number of ether oxygens (including phenoxy) is 2. The van der Waals surface area contributed by atoms with Gasteiger partial charge in [-0.15, -0.1) is 5.10 Å². The Morgan fingerprint density at radius 3 is 3.09 bits per heavy atom. The Balaban J connectivity index is 2.15. The maximum atomic E-state index is 11.6. The van der Waals surface area contributed by atoms with Crippen molar-refractivity contribution in [1.82, 2.24) is 15.2 Å². The van der Waals surface area contributed by atoms with E-state index in [4.69, 9.17) is 10.5 Å². The smallest absolute Gasteiger partial charge is 0.311 e. The summed E-state index contributed by atoms with van der Waals surface area (Å²) in [4.78, 5) is 15.7. The number of aromatic nitrogens is 3. The quantitative estimate of drug-likeness (QED) is 0.800. The maximum Gasteiger partial charge on any atom is 0.311 e. The van der Waals surface area contributed by atoms with Crippen LogP contribution >= 0.6 is 0 Å². The van der Waals surface area contributed by atoms with Crippen molar-refractivity contribution in [2.24, 2.45) is 5.73 Å². The van der Waals surface area contributed by atoms with E-state index >= 15 is 0 Å². The highest BCUT2D eigenvalue weighted by atomic mass is 16.5. The topological polar surface area (TPSA) is 127 Å². The molecule has 116 valence electrons. The van der Waals surface area contributed by atoms with Crippen molar-refractivity contribution in [2.45, 2.75) is 12.3 Å². The fraction of sp³-hybridized carbons (Fsp3) is 0.200. The van der Waals surface area contributed by atoms with E-state index in [-0.39, 0.29) is 23.8 Å². The monoisotopic (exact) mass is 311 g/mol. The molecule has 0 spiro atoms. The molecule has 1 unspecified atom stereocenters. The van der Waals surface area contributed by atoms with Crippen molar-refractivity contribution < 1.29 is 14.3 Å². The Morgan fingerprint density at radius 1 is 1.61 bits per heavy atom. The van der Waals surface area contributed by atoms with Crippen LogP contribution in [0.2, 0.25) is 0 Å². The van der Waals surface area contributed by atoms with Gasteiger partial charge in [-0.1, -0.05) is 6.07 Å². The molecular formula is C15H13N5O3. The number of esters is 1. The van der Waals surface area contributed by atoms with Crippen LogP contribution in [-0.2, 0) is 16.0 Å². The van der Waals surface area contributed by atoms with Gasteiger partial charge in [0.1, 0.15) is 11.6 Å². The van der Waals surface area contributed by atoms with Crippen LogP contribution in [0, 0.1) is 11.3 Å². The van der Waals surface area contributed by atoms with Crippen LogP contribution in [0.1, 0.15) is 22.7 Å². The minimum atomic E-state index is -0.504. The van der Waals surface area contributed by atoms with Crippen LogP contribution in [0.15, 0.2) is 36.0 Å².